The molecule has 0 bridgehead atoms. The summed E-state index contributed by atoms with van der Waals surface area (Å²) in [6.45, 7) is 10.0. The predicted octanol–water partition coefficient (Wildman–Crippen LogP) is 2.83. The van der Waals surface area contributed by atoms with E-state index in [9.17, 15) is 0 Å². The van der Waals surface area contributed by atoms with Crippen LogP contribution in [0.1, 0.15) is 46.5 Å². The largest absolute Gasteiger partial charge is 0.385 e. The third-order valence-electron chi connectivity index (χ3n) is 3.41. The van der Waals surface area contributed by atoms with Gasteiger partial charge in [-0.1, -0.05) is 27.2 Å². The van der Waals surface area contributed by atoms with Gasteiger partial charge in [-0.3, -0.25) is 0 Å². The zero-order chi connectivity index (χ0) is 11.4. The highest BCUT2D eigenvalue weighted by Gasteiger charge is 2.36. The molecule has 1 aliphatic rings. The van der Waals surface area contributed by atoms with Gasteiger partial charge < -0.3 is 10.1 Å². The second kappa shape index (κ2) is 5.31. The molecule has 0 aromatic heterocycles. The third-order valence-corrected chi connectivity index (χ3v) is 3.41. The molecule has 2 nitrogen and oxygen atoms in total. The Morgan fingerprint density at radius 2 is 1.93 bits per heavy atom. The summed E-state index contributed by atoms with van der Waals surface area (Å²) in [5.74, 6) is 0. The Morgan fingerprint density at radius 1 is 1.27 bits per heavy atom. The first-order chi connectivity index (χ1) is 6.97. The molecule has 0 saturated heterocycles. The van der Waals surface area contributed by atoms with E-state index in [-0.39, 0.29) is 0 Å². The third kappa shape index (κ3) is 4.52. The lowest BCUT2D eigenvalue weighted by atomic mass is 9.66. The van der Waals surface area contributed by atoms with Crippen molar-refractivity contribution in [3.63, 3.8) is 0 Å². The summed E-state index contributed by atoms with van der Waals surface area (Å²) in [7, 11) is 1.80. The molecule has 1 rings (SSSR count). The maximum absolute atomic E-state index is 5.19. The van der Waals surface area contributed by atoms with Crippen molar-refractivity contribution >= 4 is 0 Å². The molecule has 1 saturated carbocycles. The second-order valence-corrected chi connectivity index (χ2v) is 6.26. The van der Waals surface area contributed by atoms with E-state index in [0.717, 1.165) is 13.2 Å². The highest BCUT2D eigenvalue weighted by Crippen LogP contribution is 2.43. The Bertz CT molecular complexity index is 179. The average Bonchev–Trinajstić information content (AvgIpc) is 2.06. The SMILES string of the molecule is COCCC1(CNCC(C)(C)C)CCC1. The Labute approximate surface area is 94.8 Å². The smallest absolute Gasteiger partial charge is 0.0468 e. The summed E-state index contributed by atoms with van der Waals surface area (Å²) in [5.41, 5.74) is 0.952. The molecule has 0 heterocycles. The van der Waals surface area contributed by atoms with E-state index in [0.29, 0.717) is 10.8 Å². The zero-order valence-electron chi connectivity index (χ0n) is 10.9. The van der Waals surface area contributed by atoms with E-state index in [1.165, 1.54) is 32.2 Å². The van der Waals surface area contributed by atoms with Gasteiger partial charge in [0.15, 0.2) is 0 Å². The fourth-order valence-electron chi connectivity index (χ4n) is 2.21. The predicted molar refractivity (Wildman–Crippen MR) is 65.1 cm³/mol. The number of nitrogens with one attached hydrogen (secondary N) is 1. The number of methoxy groups -OCH3 is 1. The van der Waals surface area contributed by atoms with Crippen LogP contribution in [0.5, 0.6) is 0 Å². The summed E-state index contributed by atoms with van der Waals surface area (Å²) in [6, 6.07) is 0. The van der Waals surface area contributed by atoms with Gasteiger partial charge in [-0.05, 0) is 30.1 Å². The lowest BCUT2D eigenvalue weighted by Crippen LogP contribution is -2.43. The lowest BCUT2D eigenvalue weighted by Gasteiger charge is -2.42. The minimum absolute atomic E-state index is 0.395. The summed E-state index contributed by atoms with van der Waals surface area (Å²) in [6.07, 6.45) is 5.39. The number of rotatable bonds is 6. The fourth-order valence-corrected chi connectivity index (χ4v) is 2.21. The van der Waals surface area contributed by atoms with Gasteiger partial charge >= 0.3 is 0 Å². The number of ether oxygens (including phenoxy) is 1. The molecule has 0 aromatic carbocycles. The van der Waals surface area contributed by atoms with Crippen LogP contribution in [-0.2, 0) is 4.74 Å². The molecule has 90 valence electrons. The van der Waals surface area contributed by atoms with Crippen molar-refractivity contribution in [2.45, 2.75) is 46.5 Å². The molecular formula is C13H27NO. The van der Waals surface area contributed by atoms with Crippen molar-refractivity contribution in [3.8, 4) is 0 Å². The first kappa shape index (κ1) is 13.0. The molecule has 0 atom stereocenters. The molecule has 1 N–H and O–H groups in total. The normalized spacial score (nSPS) is 20.0. The van der Waals surface area contributed by atoms with E-state index in [1.807, 2.05) is 0 Å². The summed E-state index contributed by atoms with van der Waals surface area (Å²) < 4.78 is 5.19. The Morgan fingerprint density at radius 3 is 2.33 bits per heavy atom. The molecule has 1 fully saturated rings. The van der Waals surface area contributed by atoms with Gasteiger partial charge in [-0.2, -0.15) is 0 Å². The molecule has 2 heteroatoms. The second-order valence-electron chi connectivity index (χ2n) is 6.26. The van der Waals surface area contributed by atoms with E-state index < -0.39 is 0 Å². The van der Waals surface area contributed by atoms with E-state index in [2.05, 4.69) is 26.1 Å². The van der Waals surface area contributed by atoms with Crippen molar-refractivity contribution < 1.29 is 4.74 Å². The minimum atomic E-state index is 0.395. The van der Waals surface area contributed by atoms with Gasteiger partial charge in [0.1, 0.15) is 0 Å². The average molecular weight is 213 g/mol. The first-order valence-electron chi connectivity index (χ1n) is 6.17. The molecule has 0 aromatic rings. The van der Waals surface area contributed by atoms with Crippen LogP contribution in [0.2, 0.25) is 0 Å². The molecule has 1 aliphatic carbocycles. The summed E-state index contributed by atoms with van der Waals surface area (Å²) >= 11 is 0. The van der Waals surface area contributed by atoms with Crippen LogP contribution in [0.3, 0.4) is 0 Å². The van der Waals surface area contributed by atoms with Crippen molar-refractivity contribution in [2.24, 2.45) is 10.8 Å². The maximum atomic E-state index is 5.19. The number of hydrogen-bond donors (Lipinski definition) is 1. The Hall–Kier alpha value is -0.0800. The van der Waals surface area contributed by atoms with E-state index in [4.69, 9.17) is 4.74 Å². The highest BCUT2D eigenvalue weighted by molar-refractivity contribution is 4.89. The van der Waals surface area contributed by atoms with Crippen molar-refractivity contribution in [2.75, 3.05) is 26.8 Å². The van der Waals surface area contributed by atoms with Gasteiger partial charge in [0, 0.05) is 26.8 Å². The van der Waals surface area contributed by atoms with Gasteiger partial charge in [-0.15, -0.1) is 0 Å². The number of hydrogen-bond acceptors (Lipinski definition) is 2. The molecule has 0 aliphatic heterocycles. The lowest BCUT2D eigenvalue weighted by molar-refractivity contribution is 0.0672. The Kier molecular flexibility index (Phi) is 4.60. The van der Waals surface area contributed by atoms with Gasteiger partial charge in [-0.25, -0.2) is 0 Å². The van der Waals surface area contributed by atoms with Crippen LogP contribution in [-0.4, -0.2) is 26.8 Å². The fraction of sp³-hybridized carbons (Fsp3) is 1.00. The van der Waals surface area contributed by atoms with Crippen LogP contribution in [0.4, 0.5) is 0 Å². The van der Waals surface area contributed by atoms with Crippen molar-refractivity contribution in [1.29, 1.82) is 0 Å². The standard InChI is InChI=1S/C13H27NO/c1-12(2,3)10-14-11-13(6-5-7-13)8-9-15-4/h14H,5-11H2,1-4H3. The van der Waals surface area contributed by atoms with E-state index >= 15 is 0 Å². The summed E-state index contributed by atoms with van der Waals surface area (Å²) in [5, 5.41) is 3.62. The summed E-state index contributed by atoms with van der Waals surface area (Å²) in [4.78, 5) is 0. The van der Waals surface area contributed by atoms with Gasteiger partial charge in [0.2, 0.25) is 0 Å². The van der Waals surface area contributed by atoms with Crippen LogP contribution in [0.25, 0.3) is 0 Å². The van der Waals surface area contributed by atoms with Gasteiger partial charge in [0.25, 0.3) is 0 Å². The molecular weight excluding hydrogens is 186 g/mol. The molecule has 0 unspecified atom stereocenters. The zero-order valence-corrected chi connectivity index (χ0v) is 10.9. The van der Waals surface area contributed by atoms with Crippen LogP contribution < -0.4 is 5.32 Å². The molecule has 0 amide bonds. The Balaban J connectivity index is 2.22. The quantitative estimate of drug-likeness (QED) is 0.732. The van der Waals surface area contributed by atoms with Crippen LogP contribution in [0.15, 0.2) is 0 Å². The first-order valence-corrected chi connectivity index (χ1v) is 6.17. The maximum Gasteiger partial charge on any atom is 0.0468 e. The molecule has 15 heavy (non-hydrogen) atoms. The van der Waals surface area contributed by atoms with Gasteiger partial charge in [0.05, 0.1) is 0 Å². The minimum Gasteiger partial charge on any atom is -0.385 e. The van der Waals surface area contributed by atoms with Crippen LogP contribution in [0, 0.1) is 10.8 Å². The molecule has 0 radical (unpaired) electrons. The molecule has 0 spiro atoms. The van der Waals surface area contributed by atoms with E-state index in [1.54, 1.807) is 7.11 Å². The topological polar surface area (TPSA) is 21.3 Å². The van der Waals surface area contributed by atoms with Crippen molar-refractivity contribution in [3.05, 3.63) is 0 Å². The highest BCUT2D eigenvalue weighted by atomic mass is 16.5. The van der Waals surface area contributed by atoms with Crippen molar-refractivity contribution in [1.82, 2.24) is 5.32 Å². The monoisotopic (exact) mass is 213 g/mol. The van der Waals surface area contributed by atoms with Crippen LogP contribution >= 0.6 is 0 Å².